The number of likely N-dealkylation sites (N-methyl/N-ethyl adjacent to an activating group) is 1. The number of carboxylic acids is 1. The molecule has 158 valence electrons. The zero-order chi connectivity index (χ0) is 22.0. The smallest absolute Gasteiger partial charge is 0.343 e. The molecule has 1 aromatic carbocycles. The van der Waals surface area contributed by atoms with Crippen LogP contribution in [0.15, 0.2) is 18.2 Å². The van der Waals surface area contributed by atoms with Crippen LogP contribution >= 0.6 is 11.3 Å². The van der Waals surface area contributed by atoms with Crippen LogP contribution in [-0.2, 0) is 17.7 Å². The summed E-state index contributed by atoms with van der Waals surface area (Å²) in [4.78, 5) is 50.3. The molecule has 0 saturated heterocycles. The van der Waals surface area contributed by atoms with Crippen LogP contribution in [0.1, 0.15) is 48.4 Å². The number of carboxylic acid groups (broad SMARTS) is 1. The summed E-state index contributed by atoms with van der Waals surface area (Å²) >= 11 is 1.21. The number of fused-ring (bicyclic) bond motifs is 1. The van der Waals surface area contributed by atoms with Crippen molar-refractivity contribution in [3.63, 3.8) is 0 Å². The molecule has 10 nitrogen and oxygen atoms in total. The minimum Gasteiger partial charge on any atom is -0.477 e. The normalized spacial score (nSPS) is 13.4. The van der Waals surface area contributed by atoms with Crippen molar-refractivity contribution in [1.29, 1.82) is 0 Å². The van der Waals surface area contributed by atoms with Gasteiger partial charge in [-0.25, -0.2) is 9.59 Å². The molecule has 3 rings (SSSR count). The van der Waals surface area contributed by atoms with E-state index in [4.69, 9.17) is 4.74 Å². The summed E-state index contributed by atoms with van der Waals surface area (Å²) in [6.07, 6.45) is 0.601. The van der Waals surface area contributed by atoms with Crippen LogP contribution in [-0.4, -0.2) is 53.0 Å². The van der Waals surface area contributed by atoms with E-state index in [9.17, 15) is 29.6 Å². The van der Waals surface area contributed by atoms with E-state index >= 15 is 0 Å². The number of carbonyl (C=O) groups is 3. The predicted molar refractivity (Wildman–Crippen MR) is 108 cm³/mol. The molecule has 0 saturated carbocycles. The van der Waals surface area contributed by atoms with Crippen LogP contribution in [0.25, 0.3) is 0 Å². The number of thiophene rings is 1. The highest BCUT2D eigenvalue weighted by molar-refractivity contribution is 7.17. The van der Waals surface area contributed by atoms with Gasteiger partial charge in [-0.3, -0.25) is 14.9 Å². The number of nitrogens with zero attached hydrogens (tertiary/aromatic N) is 2. The van der Waals surface area contributed by atoms with E-state index in [0.29, 0.717) is 13.0 Å². The first-order chi connectivity index (χ1) is 14.2. The molecule has 0 unspecified atom stereocenters. The average molecular weight is 433 g/mol. The highest BCUT2D eigenvalue weighted by Crippen LogP contribution is 2.38. The predicted octanol–water partition coefficient (Wildman–Crippen LogP) is 2.77. The largest absolute Gasteiger partial charge is 0.477 e. The van der Waals surface area contributed by atoms with E-state index in [2.05, 4.69) is 10.2 Å². The van der Waals surface area contributed by atoms with Crippen molar-refractivity contribution < 1.29 is 29.2 Å². The van der Waals surface area contributed by atoms with Gasteiger partial charge in [-0.2, -0.15) is 0 Å². The Hall–Kier alpha value is -3.31. The zero-order valence-corrected chi connectivity index (χ0v) is 17.1. The first-order valence-corrected chi connectivity index (χ1v) is 9.88. The van der Waals surface area contributed by atoms with Gasteiger partial charge in [0.15, 0.2) is 0 Å². The van der Waals surface area contributed by atoms with Crippen molar-refractivity contribution >= 4 is 39.9 Å². The van der Waals surface area contributed by atoms with Crippen molar-refractivity contribution in [3.05, 3.63) is 55.4 Å². The molecular formula is C19H19N3O7S. The molecule has 0 fully saturated rings. The Balaban J connectivity index is 2.04. The number of anilines is 1. The summed E-state index contributed by atoms with van der Waals surface area (Å²) in [5.41, 5.74) is -0.716. The summed E-state index contributed by atoms with van der Waals surface area (Å²) in [6, 6.07) is 3.45. The number of hydrogen-bond donors (Lipinski definition) is 2. The Morgan fingerprint density at radius 2 is 2.07 bits per heavy atom. The van der Waals surface area contributed by atoms with E-state index in [1.165, 1.54) is 23.5 Å². The number of nitro groups is 1. The van der Waals surface area contributed by atoms with Gasteiger partial charge in [-0.1, -0.05) is 6.07 Å². The zero-order valence-electron chi connectivity index (χ0n) is 16.3. The number of carbonyl (C=O) groups excluding carboxylic acids is 2. The molecule has 1 aromatic heterocycles. The number of benzene rings is 1. The number of ether oxygens (including phenoxy) is 1. The molecule has 1 amide bonds. The second kappa shape index (κ2) is 8.59. The fraction of sp³-hybridized carbons (Fsp3) is 0.316. The van der Waals surface area contributed by atoms with Gasteiger partial charge < -0.3 is 20.1 Å². The second-order valence-electron chi connectivity index (χ2n) is 6.63. The molecule has 2 heterocycles. The Labute approximate surface area is 175 Å². The van der Waals surface area contributed by atoms with Crippen molar-refractivity contribution in [2.24, 2.45) is 0 Å². The van der Waals surface area contributed by atoms with Crippen LogP contribution < -0.4 is 5.32 Å². The lowest BCUT2D eigenvalue weighted by Crippen LogP contribution is -2.26. The molecule has 11 heteroatoms. The van der Waals surface area contributed by atoms with Crippen LogP contribution in [0.5, 0.6) is 0 Å². The maximum Gasteiger partial charge on any atom is 0.343 e. The van der Waals surface area contributed by atoms with Gasteiger partial charge in [0.05, 0.1) is 22.7 Å². The van der Waals surface area contributed by atoms with Crippen molar-refractivity contribution in [2.75, 3.05) is 25.5 Å². The molecule has 0 aliphatic carbocycles. The van der Waals surface area contributed by atoms with E-state index in [1.807, 2.05) is 7.05 Å². The van der Waals surface area contributed by atoms with Crippen LogP contribution in [0.3, 0.4) is 0 Å². The van der Waals surface area contributed by atoms with E-state index in [-0.39, 0.29) is 22.7 Å². The highest BCUT2D eigenvalue weighted by atomic mass is 32.1. The third kappa shape index (κ3) is 4.02. The average Bonchev–Trinajstić information content (AvgIpc) is 3.04. The van der Waals surface area contributed by atoms with Gasteiger partial charge in [-0.15, -0.1) is 11.3 Å². The summed E-state index contributed by atoms with van der Waals surface area (Å²) in [5.74, 6) is -3.02. The summed E-state index contributed by atoms with van der Waals surface area (Å²) in [6.45, 7) is 3.16. The minimum atomic E-state index is -1.59. The van der Waals surface area contributed by atoms with Crippen molar-refractivity contribution in [2.45, 2.75) is 19.9 Å². The third-order valence-electron chi connectivity index (χ3n) is 4.65. The number of rotatable bonds is 6. The van der Waals surface area contributed by atoms with E-state index in [1.54, 1.807) is 6.92 Å². The number of nitrogens with one attached hydrogen (secondary N) is 1. The number of hydrogen-bond acceptors (Lipinski definition) is 8. The first-order valence-electron chi connectivity index (χ1n) is 9.06. The minimum absolute atomic E-state index is 0.158. The van der Waals surface area contributed by atoms with Crippen LogP contribution in [0.2, 0.25) is 0 Å². The molecule has 0 spiro atoms. The molecule has 2 N–H and O–H groups in total. The first kappa shape index (κ1) is 21.4. The van der Waals surface area contributed by atoms with Gasteiger partial charge in [0.1, 0.15) is 10.6 Å². The van der Waals surface area contributed by atoms with Gasteiger partial charge in [0.25, 0.3) is 11.6 Å². The second-order valence-corrected chi connectivity index (χ2v) is 7.74. The van der Waals surface area contributed by atoms with Gasteiger partial charge in [0, 0.05) is 24.0 Å². The monoisotopic (exact) mass is 433 g/mol. The molecule has 0 bridgehead atoms. The number of amides is 1. The molecule has 0 atom stereocenters. The molecule has 2 aromatic rings. The Morgan fingerprint density at radius 1 is 1.33 bits per heavy atom. The topological polar surface area (TPSA) is 139 Å². The molecule has 30 heavy (non-hydrogen) atoms. The van der Waals surface area contributed by atoms with E-state index in [0.717, 1.165) is 23.1 Å². The number of aromatic carboxylic acids is 1. The number of esters is 1. The fourth-order valence-corrected chi connectivity index (χ4v) is 4.63. The van der Waals surface area contributed by atoms with Crippen LogP contribution in [0.4, 0.5) is 10.7 Å². The molecular weight excluding hydrogens is 414 g/mol. The fourth-order valence-electron chi connectivity index (χ4n) is 3.32. The quantitative estimate of drug-likeness (QED) is 0.403. The lowest BCUT2D eigenvalue weighted by atomic mass is 10.0. The number of nitro benzene ring substituents is 1. The standard InChI is InChI=1S/C19H19N3O7S/c1-3-29-19(26)15-10-7-8-21(2)9-13(10)30-17(15)20-16(23)11-5-4-6-12(22(27)28)14(11)18(24)25/h4-6H,3,7-9H2,1-2H3,(H,20,23)(H,24,25). The summed E-state index contributed by atoms with van der Waals surface area (Å²) < 4.78 is 5.14. The maximum absolute atomic E-state index is 12.9. The third-order valence-corrected chi connectivity index (χ3v) is 5.78. The Kier molecular flexibility index (Phi) is 6.13. The molecule has 1 aliphatic rings. The van der Waals surface area contributed by atoms with Gasteiger partial charge in [0.2, 0.25) is 0 Å². The molecule has 1 aliphatic heterocycles. The van der Waals surface area contributed by atoms with Crippen molar-refractivity contribution in [3.8, 4) is 0 Å². The summed E-state index contributed by atoms with van der Waals surface area (Å²) in [7, 11) is 1.94. The van der Waals surface area contributed by atoms with Gasteiger partial charge in [-0.05, 0) is 32.0 Å². The lowest BCUT2D eigenvalue weighted by Gasteiger charge is -2.22. The maximum atomic E-state index is 12.9. The highest BCUT2D eigenvalue weighted by Gasteiger charge is 2.31. The summed E-state index contributed by atoms with van der Waals surface area (Å²) in [5, 5.41) is 23.4. The Morgan fingerprint density at radius 3 is 2.70 bits per heavy atom. The van der Waals surface area contributed by atoms with Crippen LogP contribution in [0, 0.1) is 10.1 Å². The van der Waals surface area contributed by atoms with E-state index < -0.39 is 34.0 Å². The molecule has 0 radical (unpaired) electrons. The van der Waals surface area contributed by atoms with Crippen molar-refractivity contribution in [1.82, 2.24) is 4.90 Å². The lowest BCUT2D eigenvalue weighted by molar-refractivity contribution is -0.385. The van der Waals surface area contributed by atoms with Gasteiger partial charge >= 0.3 is 11.9 Å². The Bertz CT molecular complexity index is 1050. The SMILES string of the molecule is CCOC(=O)c1c(NC(=O)c2cccc([N+](=O)[O-])c2C(=O)O)sc2c1CCN(C)C2.